The first-order chi connectivity index (χ1) is 9.08. The highest BCUT2D eigenvalue weighted by Gasteiger charge is 2.14. The maximum Gasteiger partial charge on any atom is 0.231 e. The Morgan fingerprint density at radius 2 is 1.89 bits per heavy atom. The zero-order chi connectivity index (χ0) is 13.8. The molecule has 0 radical (unpaired) electrons. The maximum atomic E-state index is 12.2. The largest absolute Gasteiger partial charge is 0.314 e. The monoisotopic (exact) mass is 337 g/mol. The number of benzene rings is 2. The van der Waals surface area contributed by atoms with E-state index in [1.165, 1.54) is 0 Å². The van der Waals surface area contributed by atoms with Crippen molar-refractivity contribution in [1.29, 1.82) is 0 Å². The predicted molar refractivity (Wildman–Crippen MR) is 82.7 cm³/mol. The van der Waals surface area contributed by atoms with Crippen LogP contribution in [0.1, 0.15) is 5.56 Å². The topological polar surface area (TPSA) is 20.3 Å². The fourth-order valence-electron chi connectivity index (χ4n) is 1.78. The molecular formula is C15H13BrClNO. The molecule has 2 rings (SSSR count). The molecule has 0 N–H and O–H groups in total. The molecule has 2 nitrogen and oxygen atoms in total. The van der Waals surface area contributed by atoms with Gasteiger partial charge in [0.15, 0.2) is 0 Å². The first kappa shape index (κ1) is 14.1. The van der Waals surface area contributed by atoms with E-state index in [0.29, 0.717) is 17.1 Å². The van der Waals surface area contributed by atoms with Crippen LogP contribution < -0.4 is 4.90 Å². The van der Waals surface area contributed by atoms with E-state index in [9.17, 15) is 4.79 Å². The van der Waals surface area contributed by atoms with Crippen molar-refractivity contribution in [2.75, 3.05) is 11.9 Å². The van der Waals surface area contributed by atoms with Crippen LogP contribution in [0.5, 0.6) is 0 Å². The van der Waals surface area contributed by atoms with Crippen LogP contribution in [0.4, 0.5) is 5.69 Å². The highest BCUT2D eigenvalue weighted by atomic mass is 79.9. The highest BCUT2D eigenvalue weighted by Crippen LogP contribution is 2.28. The molecule has 0 aliphatic carbocycles. The molecule has 2 aromatic rings. The second-order valence-electron chi connectivity index (χ2n) is 4.21. The van der Waals surface area contributed by atoms with Crippen LogP contribution in [0.25, 0.3) is 0 Å². The summed E-state index contributed by atoms with van der Waals surface area (Å²) in [7, 11) is 1.74. The summed E-state index contributed by atoms with van der Waals surface area (Å²) in [5.74, 6) is 0.00965. The van der Waals surface area contributed by atoms with Crippen LogP contribution in [-0.4, -0.2) is 13.0 Å². The van der Waals surface area contributed by atoms with Gasteiger partial charge in [0.05, 0.1) is 17.1 Å². The number of nitrogens with zero attached hydrogens (tertiary/aromatic N) is 1. The van der Waals surface area contributed by atoms with Crippen molar-refractivity contribution in [3.05, 3.63) is 63.6 Å². The number of hydrogen-bond donors (Lipinski definition) is 0. The molecular weight excluding hydrogens is 326 g/mol. The molecule has 0 atom stereocenters. The third-order valence-electron chi connectivity index (χ3n) is 2.84. The van der Waals surface area contributed by atoms with Crippen molar-refractivity contribution >= 4 is 39.1 Å². The Bertz CT molecular complexity index is 586. The lowest BCUT2D eigenvalue weighted by molar-refractivity contribution is -0.117. The summed E-state index contributed by atoms with van der Waals surface area (Å²) in [6.45, 7) is 0. The lowest BCUT2D eigenvalue weighted by atomic mass is 10.1. The summed E-state index contributed by atoms with van der Waals surface area (Å²) in [6, 6.07) is 15.1. The fraction of sp³-hybridized carbons (Fsp3) is 0.133. The van der Waals surface area contributed by atoms with Gasteiger partial charge in [-0.2, -0.15) is 0 Å². The van der Waals surface area contributed by atoms with Gasteiger partial charge in [-0.15, -0.1) is 0 Å². The maximum absolute atomic E-state index is 12.2. The Kier molecular flexibility index (Phi) is 4.61. The van der Waals surface area contributed by atoms with Crippen LogP contribution in [0.2, 0.25) is 5.02 Å². The van der Waals surface area contributed by atoms with E-state index in [4.69, 9.17) is 11.6 Å². The molecule has 0 spiro atoms. The molecule has 98 valence electrons. The van der Waals surface area contributed by atoms with E-state index in [2.05, 4.69) is 15.9 Å². The molecule has 0 bridgehead atoms. The van der Waals surface area contributed by atoms with E-state index < -0.39 is 0 Å². The van der Waals surface area contributed by atoms with E-state index >= 15 is 0 Å². The van der Waals surface area contributed by atoms with Gasteiger partial charge in [-0.3, -0.25) is 4.79 Å². The predicted octanol–water partition coefficient (Wildman–Crippen LogP) is 4.31. The zero-order valence-corrected chi connectivity index (χ0v) is 12.8. The van der Waals surface area contributed by atoms with Gasteiger partial charge in [0.25, 0.3) is 0 Å². The summed E-state index contributed by atoms with van der Waals surface area (Å²) in [5.41, 5.74) is 1.71. The molecule has 2 aromatic carbocycles. The molecule has 0 heterocycles. The number of likely N-dealkylation sites (N-methyl/N-ethyl adjacent to an activating group) is 1. The molecule has 0 saturated carbocycles. The fourth-order valence-corrected chi connectivity index (χ4v) is 2.58. The summed E-state index contributed by atoms with van der Waals surface area (Å²) < 4.78 is 0.894. The third-order valence-corrected chi connectivity index (χ3v) is 3.64. The van der Waals surface area contributed by atoms with Crippen LogP contribution in [-0.2, 0) is 11.2 Å². The minimum atomic E-state index is 0.00965. The van der Waals surface area contributed by atoms with Gasteiger partial charge in [0, 0.05) is 11.5 Å². The molecule has 19 heavy (non-hydrogen) atoms. The lowest BCUT2D eigenvalue weighted by Crippen LogP contribution is -2.28. The van der Waals surface area contributed by atoms with Crippen molar-refractivity contribution in [3.8, 4) is 0 Å². The molecule has 0 saturated heterocycles. The molecule has 0 fully saturated rings. The zero-order valence-electron chi connectivity index (χ0n) is 10.4. The van der Waals surface area contributed by atoms with Crippen molar-refractivity contribution in [2.24, 2.45) is 0 Å². The van der Waals surface area contributed by atoms with Crippen LogP contribution in [0.15, 0.2) is 53.0 Å². The van der Waals surface area contributed by atoms with E-state index in [0.717, 1.165) is 10.0 Å². The molecule has 0 unspecified atom stereocenters. The van der Waals surface area contributed by atoms with E-state index in [1.54, 1.807) is 18.0 Å². The number of carbonyl (C=O) groups excluding carboxylic acids is 1. The van der Waals surface area contributed by atoms with Gasteiger partial charge in [0.2, 0.25) is 5.91 Å². The van der Waals surface area contributed by atoms with E-state index in [1.807, 2.05) is 42.5 Å². The number of hydrogen-bond acceptors (Lipinski definition) is 1. The molecule has 0 aliphatic heterocycles. The van der Waals surface area contributed by atoms with Crippen LogP contribution in [0, 0.1) is 0 Å². The molecule has 0 aromatic heterocycles. The molecule has 1 amide bonds. The Hall–Kier alpha value is -1.32. The Morgan fingerprint density at radius 3 is 2.53 bits per heavy atom. The van der Waals surface area contributed by atoms with E-state index in [-0.39, 0.29) is 5.91 Å². The third kappa shape index (κ3) is 3.58. The normalized spacial score (nSPS) is 10.3. The number of carbonyl (C=O) groups is 1. The van der Waals surface area contributed by atoms with Crippen LogP contribution in [0.3, 0.4) is 0 Å². The second kappa shape index (κ2) is 6.22. The molecule has 4 heteroatoms. The Morgan fingerprint density at radius 1 is 1.21 bits per heavy atom. The van der Waals surface area contributed by atoms with Crippen molar-refractivity contribution in [2.45, 2.75) is 6.42 Å². The summed E-state index contributed by atoms with van der Waals surface area (Å²) >= 11 is 9.50. The average Bonchev–Trinajstić information content (AvgIpc) is 2.39. The number of rotatable bonds is 3. The van der Waals surface area contributed by atoms with Gasteiger partial charge in [-0.1, -0.05) is 57.9 Å². The quantitative estimate of drug-likeness (QED) is 0.816. The second-order valence-corrected chi connectivity index (χ2v) is 5.53. The van der Waals surface area contributed by atoms with Gasteiger partial charge in [0.1, 0.15) is 0 Å². The first-order valence-electron chi connectivity index (χ1n) is 5.83. The Balaban J connectivity index is 2.15. The Labute approximate surface area is 126 Å². The van der Waals surface area contributed by atoms with Gasteiger partial charge < -0.3 is 4.90 Å². The summed E-state index contributed by atoms with van der Waals surface area (Å²) in [4.78, 5) is 13.8. The minimum absolute atomic E-state index is 0.00965. The summed E-state index contributed by atoms with van der Waals surface area (Å²) in [6.07, 6.45) is 0.365. The SMILES string of the molecule is CN(C(=O)Cc1ccccc1)c1ccc(Br)cc1Cl. The number of anilines is 1. The summed E-state index contributed by atoms with van der Waals surface area (Å²) in [5, 5.41) is 0.554. The number of amides is 1. The van der Waals surface area contributed by atoms with Crippen molar-refractivity contribution < 1.29 is 4.79 Å². The lowest BCUT2D eigenvalue weighted by Gasteiger charge is -2.19. The smallest absolute Gasteiger partial charge is 0.231 e. The first-order valence-corrected chi connectivity index (χ1v) is 7.00. The highest BCUT2D eigenvalue weighted by molar-refractivity contribution is 9.10. The van der Waals surface area contributed by atoms with Gasteiger partial charge in [-0.25, -0.2) is 0 Å². The standard InChI is InChI=1S/C15H13BrClNO/c1-18(14-8-7-12(16)10-13(14)17)15(19)9-11-5-3-2-4-6-11/h2-8,10H,9H2,1H3. The minimum Gasteiger partial charge on any atom is -0.314 e. The van der Waals surface area contributed by atoms with Gasteiger partial charge in [-0.05, 0) is 23.8 Å². The van der Waals surface area contributed by atoms with Crippen LogP contribution >= 0.6 is 27.5 Å². The molecule has 0 aliphatic rings. The number of halogens is 2. The average molecular weight is 339 g/mol. The van der Waals surface area contributed by atoms with Crippen molar-refractivity contribution in [3.63, 3.8) is 0 Å². The van der Waals surface area contributed by atoms with Crippen molar-refractivity contribution in [1.82, 2.24) is 0 Å². The van der Waals surface area contributed by atoms with Gasteiger partial charge >= 0.3 is 0 Å².